The Morgan fingerprint density at radius 3 is 1.46 bits per heavy atom. The fourth-order valence-corrected chi connectivity index (χ4v) is 3.68. The zero-order chi connectivity index (χ0) is 20.9. The molecule has 28 heavy (non-hydrogen) atoms. The van der Waals surface area contributed by atoms with E-state index in [9.17, 15) is 4.79 Å². The lowest BCUT2D eigenvalue weighted by atomic mass is 10.0. The first-order valence-electron chi connectivity index (χ1n) is 12.5. The Labute approximate surface area is 177 Å². The SMILES string of the molecule is CCCCCCCCCCCCCCCCCC(=O)NCCCC[N+](C)(C)C. The van der Waals surface area contributed by atoms with Crippen LogP contribution >= 0.6 is 0 Å². The number of quaternary nitrogens is 1. The molecular formula is C25H53N2O+. The number of unbranched alkanes of at least 4 members (excludes halogenated alkanes) is 15. The zero-order valence-electron chi connectivity index (χ0n) is 20.0. The molecule has 0 radical (unpaired) electrons. The largest absolute Gasteiger partial charge is 0.356 e. The van der Waals surface area contributed by atoms with E-state index < -0.39 is 0 Å². The first-order chi connectivity index (χ1) is 13.5. The second-order valence-corrected chi connectivity index (χ2v) is 9.77. The van der Waals surface area contributed by atoms with E-state index in [2.05, 4.69) is 33.4 Å². The van der Waals surface area contributed by atoms with Crippen LogP contribution in [0.5, 0.6) is 0 Å². The van der Waals surface area contributed by atoms with Gasteiger partial charge in [-0.25, -0.2) is 0 Å². The number of carbonyl (C=O) groups excluding carboxylic acids is 1. The molecule has 0 fully saturated rings. The summed E-state index contributed by atoms with van der Waals surface area (Å²) in [5.74, 6) is 0.250. The van der Waals surface area contributed by atoms with Gasteiger partial charge in [0.2, 0.25) is 5.91 Å². The molecular weight excluding hydrogens is 344 g/mol. The molecule has 0 bridgehead atoms. The number of nitrogens with zero attached hydrogens (tertiary/aromatic N) is 1. The standard InChI is InChI=1S/C25H52N2O/c1-5-6-7-8-9-10-11-12-13-14-15-16-17-18-19-22-25(28)26-23-20-21-24-27(2,3)4/h5-24H2,1-4H3/p+1. The molecule has 0 aromatic heterocycles. The number of hydrogen-bond donors (Lipinski definition) is 1. The van der Waals surface area contributed by atoms with Crippen LogP contribution < -0.4 is 5.32 Å². The monoisotopic (exact) mass is 397 g/mol. The second kappa shape index (κ2) is 19.7. The molecule has 3 heteroatoms. The molecule has 0 unspecified atom stereocenters. The van der Waals surface area contributed by atoms with Crippen molar-refractivity contribution in [3.8, 4) is 0 Å². The molecule has 0 aromatic rings. The Hall–Kier alpha value is -0.570. The first-order valence-corrected chi connectivity index (χ1v) is 12.5. The van der Waals surface area contributed by atoms with Crippen LogP contribution in [0.15, 0.2) is 0 Å². The maximum Gasteiger partial charge on any atom is 0.219 e. The Morgan fingerprint density at radius 1 is 0.607 bits per heavy atom. The summed E-state index contributed by atoms with van der Waals surface area (Å²) in [4.78, 5) is 11.8. The first kappa shape index (κ1) is 27.4. The fourth-order valence-electron chi connectivity index (χ4n) is 3.68. The maximum atomic E-state index is 11.8. The summed E-state index contributed by atoms with van der Waals surface area (Å²) < 4.78 is 1.01. The number of rotatable bonds is 21. The molecule has 168 valence electrons. The van der Waals surface area contributed by atoms with Crippen molar-refractivity contribution >= 4 is 5.91 Å². The van der Waals surface area contributed by atoms with Crippen LogP contribution in [0, 0.1) is 0 Å². The smallest absolute Gasteiger partial charge is 0.219 e. The van der Waals surface area contributed by atoms with Crippen molar-refractivity contribution in [3.63, 3.8) is 0 Å². The van der Waals surface area contributed by atoms with Gasteiger partial charge in [0.25, 0.3) is 0 Å². The van der Waals surface area contributed by atoms with Crippen molar-refractivity contribution in [1.29, 1.82) is 0 Å². The minimum Gasteiger partial charge on any atom is -0.356 e. The molecule has 0 heterocycles. The Kier molecular flexibility index (Phi) is 19.3. The lowest BCUT2D eigenvalue weighted by Crippen LogP contribution is -2.35. The fraction of sp³-hybridized carbons (Fsp3) is 0.960. The van der Waals surface area contributed by atoms with Gasteiger partial charge in [-0.05, 0) is 19.3 Å². The van der Waals surface area contributed by atoms with Gasteiger partial charge in [0, 0.05) is 13.0 Å². The highest BCUT2D eigenvalue weighted by Gasteiger charge is 2.06. The Balaban J connectivity index is 3.17. The average molecular weight is 398 g/mol. The maximum absolute atomic E-state index is 11.8. The molecule has 1 amide bonds. The molecule has 0 saturated carbocycles. The Morgan fingerprint density at radius 2 is 1.04 bits per heavy atom. The molecule has 0 spiro atoms. The summed E-state index contributed by atoms with van der Waals surface area (Å²) in [6.45, 7) is 4.31. The van der Waals surface area contributed by atoms with Crippen molar-refractivity contribution in [1.82, 2.24) is 5.32 Å². The highest BCUT2D eigenvalue weighted by atomic mass is 16.1. The van der Waals surface area contributed by atoms with Crippen LogP contribution in [0.4, 0.5) is 0 Å². The third-order valence-electron chi connectivity index (χ3n) is 5.59. The van der Waals surface area contributed by atoms with Crippen molar-refractivity contribution in [2.75, 3.05) is 34.2 Å². The van der Waals surface area contributed by atoms with Gasteiger partial charge in [-0.3, -0.25) is 4.79 Å². The van der Waals surface area contributed by atoms with E-state index in [0.29, 0.717) is 6.42 Å². The van der Waals surface area contributed by atoms with Gasteiger partial charge in [0.05, 0.1) is 27.7 Å². The highest BCUT2D eigenvalue weighted by Crippen LogP contribution is 2.13. The van der Waals surface area contributed by atoms with E-state index >= 15 is 0 Å². The summed E-state index contributed by atoms with van der Waals surface area (Å²) in [6.07, 6.45) is 23.6. The molecule has 0 aliphatic heterocycles. The lowest BCUT2D eigenvalue weighted by Gasteiger charge is -2.23. The topological polar surface area (TPSA) is 29.1 Å². The average Bonchev–Trinajstić information content (AvgIpc) is 2.63. The predicted molar refractivity (Wildman–Crippen MR) is 125 cm³/mol. The molecule has 1 N–H and O–H groups in total. The minimum absolute atomic E-state index is 0.250. The van der Waals surface area contributed by atoms with E-state index in [1.165, 1.54) is 103 Å². The summed E-state index contributed by atoms with van der Waals surface area (Å²) >= 11 is 0. The lowest BCUT2D eigenvalue weighted by molar-refractivity contribution is -0.870. The van der Waals surface area contributed by atoms with Crippen LogP contribution in [0.2, 0.25) is 0 Å². The minimum atomic E-state index is 0.250. The van der Waals surface area contributed by atoms with Gasteiger partial charge in [-0.2, -0.15) is 0 Å². The van der Waals surface area contributed by atoms with Gasteiger partial charge in [0.15, 0.2) is 0 Å². The number of amides is 1. The van der Waals surface area contributed by atoms with E-state index in [0.717, 1.165) is 23.9 Å². The van der Waals surface area contributed by atoms with Crippen LogP contribution in [0.3, 0.4) is 0 Å². The molecule has 0 aliphatic carbocycles. The number of nitrogens with one attached hydrogen (secondary N) is 1. The molecule has 3 nitrogen and oxygen atoms in total. The van der Waals surface area contributed by atoms with E-state index in [4.69, 9.17) is 0 Å². The van der Waals surface area contributed by atoms with Crippen molar-refractivity contribution in [2.24, 2.45) is 0 Å². The number of hydrogen-bond acceptors (Lipinski definition) is 1. The Bertz CT molecular complexity index is 336. The van der Waals surface area contributed by atoms with Crippen molar-refractivity contribution in [2.45, 2.75) is 122 Å². The van der Waals surface area contributed by atoms with Crippen LogP contribution in [-0.4, -0.2) is 44.6 Å². The third-order valence-corrected chi connectivity index (χ3v) is 5.59. The molecule has 0 aromatic carbocycles. The summed E-state index contributed by atoms with van der Waals surface area (Å²) in [5.41, 5.74) is 0. The van der Waals surface area contributed by atoms with Gasteiger partial charge in [-0.15, -0.1) is 0 Å². The second-order valence-electron chi connectivity index (χ2n) is 9.77. The normalized spacial score (nSPS) is 11.7. The molecule has 0 atom stereocenters. The molecule has 0 saturated heterocycles. The van der Waals surface area contributed by atoms with Crippen molar-refractivity contribution < 1.29 is 9.28 Å². The van der Waals surface area contributed by atoms with Gasteiger partial charge in [-0.1, -0.05) is 96.8 Å². The quantitative estimate of drug-likeness (QED) is 0.166. The van der Waals surface area contributed by atoms with Gasteiger partial charge < -0.3 is 9.80 Å². The van der Waals surface area contributed by atoms with E-state index in [1.807, 2.05) is 0 Å². The highest BCUT2D eigenvalue weighted by molar-refractivity contribution is 5.75. The summed E-state index contributed by atoms with van der Waals surface area (Å²) in [6, 6.07) is 0. The van der Waals surface area contributed by atoms with Crippen LogP contribution in [0.1, 0.15) is 122 Å². The van der Waals surface area contributed by atoms with Crippen LogP contribution in [0.25, 0.3) is 0 Å². The van der Waals surface area contributed by atoms with E-state index in [1.54, 1.807) is 0 Å². The molecule has 0 aliphatic rings. The van der Waals surface area contributed by atoms with Gasteiger partial charge >= 0.3 is 0 Å². The summed E-state index contributed by atoms with van der Waals surface area (Å²) in [5, 5.41) is 3.07. The van der Waals surface area contributed by atoms with Crippen LogP contribution in [-0.2, 0) is 4.79 Å². The van der Waals surface area contributed by atoms with Gasteiger partial charge in [0.1, 0.15) is 0 Å². The zero-order valence-corrected chi connectivity index (χ0v) is 20.0. The van der Waals surface area contributed by atoms with Crippen molar-refractivity contribution in [3.05, 3.63) is 0 Å². The van der Waals surface area contributed by atoms with E-state index in [-0.39, 0.29) is 5.91 Å². The predicted octanol–water partition coefficient (Wildman–Crippen LogP) is 6.85. The third kappa shape index (κ3) is 23.5. The summed E-state index contributed by atoms with van der Waals surface area (Å²) in [7, 11) is 6.65. The molecule has 0 rings (SSSR count). The number of carbonyl (C=O) groups is 1.